The molecule has 1 aliphatic heterocycles. The Morgan fingerprint density at radius 3 is 2.48 bits per heavy atom. The van der Waals surface area contributed by atoms with Crippen LogP contribution in [0.1, 0.15) is 28.7 Å². The summed E-state index contributed by atoms with van der Waals surface area (Å²) in [6.07, 6.45) is -3.82. The smallest absolute Gasteiger partial charge is 0.416 e. The lowest BCUT2D eigenvalue weighted by molar-refractivity contribution is -0.138. The lowest BCUT2D eigenvalue weighted by Crippen LogP contribution is -2.37. The first-order valence-corrected chi connectivity index (χ1v) is 9.90. The lowest BCUT2D eigenvalue weighted by atomic mass is 10.1. The Balaban J connectivity index is 1.64. The minimum Gasteiger partial charge on any atom is -0.488 e. The molecule has 2 aromatic carbocycles. The van der Waals surface area contributed by atoms with Crippen molar-refractivity contribution < 1.29 is 27.0 Å². The molecule has 0 radical (unpaired) electrons. The predicted octanol–water partition coefficient (Wildman–Crippen LogP) is 4.19. The summed E-state index contributed by atoms with van der Waals surface area (Å²) >= 11 is 0. The summed E-state index contributed by atoms with van der Waals surface area (Å²) < 4.78 is 64.3. The molecular formula is C22H25F4N3O2. The molecule has 0 spiro atoms. The third-order valence-corrected chi connectivity index (χ3v) is 4.90. The summed E-state index contributed by atoms with van der Waals surface area (Å²) in [5.41, 5.74) is 0.857. The van der Waals surface area contributed by atoms with Crippen molar-refractivity contribution in [3.63, 3.8) is 0 Å². The number of nitrogens with zero attached hydrogens (tertiary/aromatic N) is 1. The number of aliphatic imine (C=N–C) groups is 1. The van der Waals surface area contributed by atoms with E-state index in [9.17, 15) is 17.6 Å². The summed E-state index contributed by atoms with van der Waals surface area (Å²) in [4.78, 5) is 4.06. The van der Waals surface area contributed by atoms with Crippen molar-refractivity contribution in [3.05, 3.63) is 64.5 Å². The average molecular weight is 439 g/mol. The van der Waals surface area contributed by atoms with Gasteiger partial charge in [-0.2, -0.15) is 13.2 Å². The van der Waals surface area contributed by atoms with Gasteiger partial charge in [0.1, 0.15) is 17.7 Å². The van der Waals surface area contributed by atoms with E-state index in [0.717, 1.165) is 35.4 Å². The lowest BCUT2D eigenvalue weighted by Gasteiger charge is -2.18. The Labute approximate surface area is 178 Å². The van der Waals surface area contributed by atoms with Gasteiger partial charge in [-0.15, -0.1) is 0 Å². The molecule has 31 heavy (non-hydrogen) atoms. The van der Waals surface area contributed by atoms with E-state index in [-0.39, 0.29) is 18.2 Å². The molecule has 1 aliphatic rings. The first-order chi connectivity index (χ1) is 14.8. The van der Waals surface area contributed by atoms with Crippen molar-refractivity contribution >= 4 is 5.96 Å². The van der Waals surface area contributed by atoms with Crippen LogP contribution in [0.25, 0.3) is 0 Å². The third kappa shape index (κ3) is 6.33. The first-order valence-electron chi connectivity index (χ1n) is 9.90. The predicted molar refractivity (Wildman–Crippen MR) is 109 cm³/mol. The molecule has 1 heterocycles. The molecule has 2 aromatic rings. The highest BCUT2D eigenvalue weighted by molar-refractivity contribution is 5.79. The van der Waals surface area contributed by atoms with Crippen molar-refractivity contribution in [2.75, 3.05) is 20.3 Å². The van der Waals surface area contributed by atoms with Gasteiger partial charge < -0.3 is 20.1 Å². The topological polar surface area (TPSA) is 54.9 Å². The molecule has 1 saturated heterocycles. The Morgan fingerprint density at radius 2 is 1.84 bits per heavy atom. The van der Waals surface area contributed by atoms with Crippen LogP contribution in [0.2, 0.25) is 0 Å². The molecule has 1 fully saturated rings. The molecular weight excluding hydrogens is 414 g/mol. The Morgan fingerprint density at radius 1 is 1.13 bits per heavy atom. The van der Waals surface area contributed by atoms with E-state index in [1.165, 1.54) is 7.05 Å². The number of nitrogens with one attached hydrogen (secondary N) is 2. The number of benzene rings is 2. The van der Waals surface area contributed by atoms with Gasteiger partial charge in [-0.25, -0.2) is 4.39 Å². The van der Waals surface area contributed by atoms with Gasteiger partial charge in [0.25, 0.3) is 0 Å². The van der Waals surface area contributed by atoms with Crippen LogP contribution in [0.5, 0.6) is 5.75 Å². The zero-order valence-corrected chi connectivity index (χ0v) is 17.4. The second kappa shape index (κ2) is 10.00. The van der Waals surface area contributed by atoms with Crippen LogP contribution in [0.3, 0.4) is 0 Å². The molecule has 0 aromatic heterocycles. The molecule has 2 N–H and O–H groups in total. The van der Waals surface area contributed by atoms with Crippen molar-refractivity contribution in [3.8, 4) is 5.75 Å². The molecule has 0 bridgehead atoms. The van der Waals surface area contributed by atoms with E-state index in [2.05, 4.69) is 15.6 Å². The number of aryl methyl sites for hydroxylation is 1. The van der Waals surface area contributed by atoms with Gasteiger partial charge >= 0.3 is 6.18 Å². The molecule has 168 valence electrons. The van der Waals surface area contributed by atoms with Gasteiger partial charge in [0.15, 0.2) is 5.96 Å². The molecule has 1 unspecified atom stereocenters. The van der Waals surface area contributed by atoms with E-state index in [0.29, 0.717) is 31.8 Å². The zero-order chi connectivity index (χ0) is 22.4. The maximum Gasteiger partial charge on any atom is 0.416 e. The number of alkyl halides is 3. The van der Waals surface area contributed by atoms with E-state index in [1.54, 1.807) is 0 Å². The normalized spacial score (nSPS) is 17.0. The molecule has 0 aliphatic carbocycles. The minimum atomic E-state index is -4.64. The Kier molecular flexibility index (Phi) is 7.37. The number of rotatable bonds is 6. The largest absolute Gasteiger partial charge is 0.488 e. The van der Waals surface area contributed by atoms with Gasteiger partial charge in [-0.1, -0.05) is 18.2 Å². The number of halogens is 4. The maximum atomic E-state index is 13.3. The standard InChI is InChI=1S/C22H25F4N3O2/c1-14-3-4-16(20(9-14)31-18-7-8-30-13-18)12-29-21(27-2)28-11-15-5-6-17(23)10-19(15)22(24,25)26/h3-6,9-10,18H,7-8,11-13H2,1-2H3,(H2,27,28,29). The number of hydrogen-bond donors (Lipinski definition) is 2. The monoisotopic (exact) mass is 439 g/mol. The summed E-state index contributed by atoms with van der Waals surface area (Å²) in [6.45, 7) is 3.38. The molecule has 0 amide bonds. The molecule has 9 heteroatoms. The molecule has 0 saturated carbocycles. The van der Waals surface area contributed by atoms with Crippen molar-refractivity contribution in [2.45, 2.75) is 38.7 Å². The summed E-state index contributed by atoms with van der Waals surface area (Å²) in [5.74, 6) is 0.114. The Hall–Kier alpha value is -2.81. The summed E-state index contributed by atoms with van der Waals surface area (Å²) in [5, 5.41) is 5.93. The van der Waals surface area contributed by atoms with Crippen molar-refractivity contribution in [2.24, 2.45) is 4.99 Å². The summed E-state index contributed by atoms with van der Waals surface area (Å²) in [7, 11) is 1.52. The quantitative estimate of drug-likeness (QED) is 0.403. The van der Waals surface area contributed by atoms with Crippen molar-refractivity contribution in [1.29, 1.82) is 0 Å². The van der Waals surface area contributed by atoms with Crippen LogP contribution in [0.15, 0.2) is 41.4 Å². The highest BCUT2D eigenvalue weighted by atomic mass is 19.4. The number of ether oxygens (including phenoxy) is 2. The van der Waals surface area contributed by atoms with Crippen LogP contribution < -0.4 is 15.4 Å². The maximum absolute atomic E-state index is 13.3. The van der Waals surface area contributed by atoms with E-state index in [1.807, 2.05) is 25.1 Å². The van der Waals surface area contributed by atoms with E-state index in [4.69, 9.17) is 9.47 Å². The van der Waals surface area contributed by atoms with Crippen LogP contribution in [-0.4, -0.2) is 32.3 Å². The fourth-order valence-corrected chi connectivity index (χ4v) is 3.25. The number of guanidine groups is 1. The average Bonchev–Trinajstić information content (AvgIpc) is 3.22. The Bertz CT molecular complexity index is 925. The van der Waals surface area contributed by atoms with Crippen LogP contribution in [-0.2, 0) is 24.0 Å². The van der Waals surface area contributed by atoms with E-state index < -0.39 is 17.6 Å². The molecule has 1 atom stereocenters. The molecule has 5 nitrogen and oxygen atoms in total. The highest BCUT2D eigenvalue weighted by Crippen LogP contribution is 2.32. The number of hydrogen-bond acceptors (Lipinski definition) is 3. The van der Waals surface area contributed by atoms with Crippen LogP contribution in [0, 0.1) is 12.7 Å². The fraction of sp³-hybridized carbons (Fsp3) is 0.409. The fourth-order valence-electron chi connectivity index (χ4n) is 3.25. The van der Waals surface area contributed by atoms with Crippen molar-refractivity contribution in [1.82, 2.24) is 10.6 Å². The van der Waals surface area contributed by atoms with Gasteiger partial charge in [0.2, 0.25) is 0 Å². The second-order valence-electron chi connectivity index (χ2n) is 7.29. The van der Waals surface area contributed by atoms with Gasteiger partial charge in [0.05, 0.1) is 18.8 Å². The van der Waals surface area contributed by atoms with E-state index >= 15 is 0 Å². The van der Waals surface area contributed by atoms with Gasteiger partial charge in [0, 0.05) is 32.1 Å². The zero-order valence-electron chi connectivity index (χ0n) is 17.4. The second-order valence-corrected chi connectivity index (χ2v) is 7.29. The third-order valence-electron chi connectivity index (χ3n) is 4.90. The first kappa shape index (κ1) is 22.9. The van der Waals surface area contributed by atoms with Gasteiger partial charge in [-0.3, -0.25) is 4.99 Å². The SMILES string of the molecule is CN=C(NCc1ccc(C)cc1OC1CCOC1)NCc1ccc(F)cc1C(F)(F)F. The van der Waals surface area contributed by atoms with Crippen LogP contribution >= 0.6 is 0 Å². The highest BCUT2D eigenvalue weighted by Gasteiger charge is 2.33. The minimum absolute atomic E-state index is 0.00254. The van der Waals surface area contributed by atoms with Crippen LogP contribution in [0.4, 0.5) is 17.6 Å². The van der Waals surface area contributed by atoms with Gasteiger partial charge in [-0.05, 0) is 36.2 Å². The summed E-state index contributed by atoms with van der Waals surface area (Å²) in [6, 6.07) is 8.45. The molecule has 3 rings (SSSR count).